The molecule has 106 valence electrons. The zero-order valence-corrected chi connectivity index (χ0v) is 12.5. The summed E-state index contributed by atoms with van der Waals surface area (Å²) in [5.41, 5.74) is 9.80. The van der Waals surface area contributed by atoms with Crippen LogP contribution in [0.5, 0.6) is 5.75 Å². The summed E-state index contributed by atoms with van der Waals surface area (Å²) in [4.78, 5) is 3.04. The van der Waals surface area contributed by atoms with E-state index in [2.05, 4.69) is 4.79 Å². The van der Waals surface area contributed by atoms with E-state index in [9.17, 15) is 5.21 Å². The minimum atomic E-state index is -0.232. The average Bonchev–Trinajstić information content (AvgIpc) is 2.38. The maximum absolute atomic E-state index is 12.3. The fourth-order valence-electron chi connectivity index (χ4n) is 2.19. The number of methoxy groups -OCH3 is 1. The fraction of sp³-hybridized carbons (Fsp3) is 0.357. The van der Waals surface area contributed by atoms with E-state index in [0.29, 0.717) is 15.9 Å². The Morgan fingerprint density at radius 1 is 1.35 bits per heavy atom. The van der Waals surface area contributed by atoms with Crippen molar-refractivity contribution in [3.63, 3.8) is 0 Å². The molecule has 0 amide bonds. The maximum Gasteiger partial charge on any atom is 0.363 e. The summed E-state index contributed by atoms with van der Waals surface area (Å²) in [5, 5.41) is 13.2. The van der Waals surface area contributed by atoms with Gasteiger partial charge in [0.25, 0.3) is 0 Å². The lowest BCUT2D eigenvalue weighted by molar-refractivity contribution is -0.0748. The van der Waals surface area contributed by atoms with E-state index < -0.39 is 0 Å². The molecule has 0 N–H and O–H groups in total. The van der Waals surface area contributed by atoms with Gasteiger partial charge in [0.2, 0.25) is 0 Å². The highest BCUT2D eigenvalue weighted by atomic mass is 35.5. The number of aromatic nitrogens is 1. The minimum absolute atomic E-state index is 0.0995. The van der Waals surface area contributed by atoms with Crippen LogP contribution in [0, 0.1) is 5.21 Å². The quantitative estimate of drug-likeness (QED) is 0.598. The van der Waals surface area contributed by atoms with Gasteiger partial charge in [-0.3, -0.25) is 0 Å². The third-order valence-electron chi connectivity index (χ3n) is 3.19. The number of ether oxygens (including phenoxy) is 1. The molecule has 6 heteroatoms. The van der Waals surface area contributed by atoms with Crippen molar-refractivity contribution in [1.82, 2.24) is 4.73 Å². The molecule has 0 aliphatic carbocycles. The second-order valence-electron chi connectivity index (χ2n) is 5.54. The van der Waals surface area contributed by atoms with Crippen molar-refractivity contribution in [3.8, 4) is 5.75 Å². The molecular weight excluding hydrogens is 278 g/mol. The molecule has 1 aromatic heterocycles. The van der Waals surface area contributed by atoms with Crippen molar-refractivity contribution in [2.24, 2.45) is 0 Å². The number of nitrogens with zero attached hydrogens (tertiary/aromatic N) is 3. The second-order valence-corrected chi connectivity index (χ2v) is 5.92. The van der Waals surface area contributed by atoms with Crippen LogP contribution in [0.4, 0.5) is 0 Å². The van der Waals surface area contributed by atoms with Gasteiger partial charge in [0.15, 0.2) is 5.52 Å². The first kappa shape index (κ1) is 14.4. The molecule has 0 saturated heterocycles. The highest BCUT2D eigenvalue weighted by molar-refractivity contribution is 6.36. The number of hydrogen-bond acceptors (Lipinski definition) is 2. The molecule has 0 saturated carbocycles. The van der Waals surface area contributed by atoms with E-state index in [4.69, 9.17) is 21.9 Å². The van der Waals surface area contributed by atoms with Crippen molar-refractivity contribution in [3.05, 3.63) is 45.0 Å². The molecule has 2 rings (SSSR count). The van der Waals surface area contributed by atoms with Gasteiger partial charge < -0.3 is 20.3 Å². The van der Waals surface area contributed by atoms with Gasteiger partial charge in [-0.2, -0.15) is 0 Å². The van der Waals surface area contributed by atoms with Crippen LogP contribution in [-0.2, 0) is 5.41 Å². The topological polar surface area (TPSA) is 73.6 Å². The number of rotatable bonds is 1. The maximum atomic E-state index is 12.3. The third-order valence-corrected chi connectivity index (χ3v) is 3.55. The Morgan fingerprint density at radius 3 is 2.50 bits per heavy atom. The Balaban J connectivity index is 3.10. The fourth-order valence-corrected chi connectivity index (χ4v) is 2.51. The largest absolute Gasteiger partial charge is 0.709 e. The van der Waals surface area contributed by atoms with Gasteiger partial charge in [0.1, 0.15) is 10.8 Å². The number of benzene rings is 1. The molecule has 0 atom stereocenters. The van der Waals surface area contributed by atoms with Gasteiger partial charge >= 0.3 is 5.49 Å². The van der Waals surface area contributed by atoms with Crippen molar-refractivity contribution in [2.45, 2.75) is 26.2 Å². The van der Waals surface area contributed by atoms with Crippen LogP contribution in [0.2, 0.25) is 5.02 Å². The molecule has 0 radical (unpaired) electrons. The van der Waals surface area contributed by atoms with Gasteiger partial charge in [-0.1, -0.05) is 32.4 Å². The number of fused-ring (bicyclic) bond motifs is 1. The van der Waals surface area contributed by atoms with Gasteiger partial charge in [0.05, 0.1) is 7.11 Å². The van der Waals surface area contributed by atoms with Crippen molar-refractivity contribution < 1.29 is 9.53 Å². The van der Waals surface area contributed by atoms with Crippen LogP contribution < -0.4 is 10.2 Å². The Labute approximate surface area is 121 Å². The van der Waals surface area contributed by atoms with Crippen LogP contribution in [0.25, 0.3) is 16.4 Å². The van der Waals surface area contributed by atoms with Crippen LogP contribution in [0.1, 0.15) is 26.3 Å². The third kappa shape index (κ3) is 2.15. The number of pyridine rings is 1. The Kier molecular flexibility index (Phi) is 3.50. The van der Waals surface area contributed by atoms with Crippen LogP contribution >= 0.6 is 11.6 Å². The minimum Gasteiger partial charge on any atom is -0.709 e. The summed E-state index contributed by atoms with van der Waals surface area (Å²) in [6.07, 6.45) is 0. The lowest BCUT2D eigenvalue weighted by Gasteiger charge is -2.22. The van der Waals surface area contributed by atoms with Gasteiger partial charge in [-0.05, 0) is 23.1 Å². The normalized spacial score (nSPS) is 11.4. The summed E-state index contributed by atoms with van der Waals surface area (Å²) in [6, 6.07) is 5.07. The smallest absolute Gasteiger partial charge is 0.363 e. The molecule has 0 fully saturated rings. The Bertz CT molecular complexity index is 769. The summed E-state index contributed by atoms with van der Waals surface area (Å²) in [5.74, 6) is 0.402. The highest BCUT2D eigenvalue weighted by Gasteiger charge is 2.23. The summed E-state index contributed by atoms with van der Waals surface area (Å²) in [6.45, 7) is 6.03. The molecule has 0 aliphatic heterocycles. The Morgan fingerprint density at radius 2 is 2.00 bits per heavy atom. The van der Waals surface area contributed by atoms with E-state index >= 15 is 0 Å². The molecule has 0 aliphatic rings. The van der Waals surface area contributed by atoms with Crippen molar-refractivity contribution in [2.75, 3.05) is 7.11 Å². The first-order valence-corrected chi connectivity index (χ1v) is 6.47. The Hall–Kier alpha value is -1.97. The molecule has 20 heavy (non-hydrogen) atoms. The first-order chi connectivity index (χ1) is 9.31. The molecular formula is C14H15ClN3O2-. The molecule has 0 spiro atoms. The molecule has 0 unspecified atom stereocenters. The predicted octanol–water partition coefficient (Wildman–Crippen LogP) is 3.08. The molecule has 1 heterocycles. The number of halogens is 1. The SMILES string of the molecule is COc1ccc2c(C(C)(C)C)cc(=[N+]=[N-])n([O-])c2c1Cl. The molecule has 2 aromatic rings. The zero-order chi connectivity index (χ0) is 15.1. The first-order valence-electron chi connectivity index (χ1n) is 6.09. The van der Waals surface area contributed by atoms with Crippen LogP contribution in [-0.4, -0.2) is 16.6 Å². The van der Waals surface area contributed by atoms with E-state index in [1.807, 2.05) is 20.8 Å². The molecule has 1 aromatic carbocycles. The van der Waals surface area contributed by atoms with Gasteiger partial charge in [0, 0.05) is 11.5 Å². The average molecular weight is 293 g/mol. The van der Waals surface area contributed by atoms with E-state index in [-0.39, 0.29) is 21.4 Å². The van der Waals surface area contributed by atoms with Gasteiger partial charge in [-0.15, -0.1) is 0 Å². The second kappa shape index (κ2) is 4.85. The highest BCUT2D eigenvalue weighted by Crippen LogP contribution is 2.36. The molecule has 0 bridgehead atoms. The van der Waals surface area contributed by atoms with E-state index in [1.54, 1.807) is 18.2 Å². The van der Waals surface area contributed by atoms with Crippen molar-refractivity contribution in [1.29, 1.82) is 0 Å². The predicted molar refractivity (Wildman–Crippen MR) is 77.7 cm³/mol. The van der Waals surface area contributed by atoms with Crippen molar-refractivity contribution >= 4 is 22.5 Å². The summed E-state index contributed by atoms with van der Waals surface area (Å²) in [7, 11) is 1.48. The zero-order valence-electron chi connectivity index (χ0n) is 11.8. The number of hydrogen-bond donors (Lipinski definition) is 0. The van der Waals surface area contributed by atoms with E-state index in [0.717, 1.165) is 5.56 Å². The summed E-state index contributed by atoms with van der Waals surface area (Å²) >= 11 is 6.23. The van der Waals surface area contributed by atoms with Crippen LogP contribution in [0.3, 0.4) is 0 Å². The lowest BCUT2D eigenvalue weighted by Crippen LogP contribution is -2.24. The molecule has 5 nitrogen and oxygen atoms in total. The van der Waals surface area contributed by atoms with E-state index in [1.165, 1.54) is 7.11 Å². The van der Waals surface area contributed by atoms with Gasteiger partial charge in [-0.25, -0.2) is 4.73 Å². The lowest BCUT2D eigenvalue weighted by atomic mass is 9.85. The standard InChI is InChI=1S/C14H15ClN3O2/c1-14(2,3)9-7-11(17-16)18(19)13-8(9)5-6-10(20-4)12(13)15/h5-7H,1-4H3/q-1. The van der Waals surface area contributed by atoms with Crippen LogP contribution in [0.15, 0.2) is 18.2 Å². The monoisotopic (exact) mass is 292 g/mol. The summed E-state index contributed by atoms with van der Waals surface area (Å²) < 4.78 is 5.64.